The van der Waals surface area contributed by atoms with Crippen LogP contribution in [0.5, 0.6) is 5.75 Å². The van der Waals surface area contributed by atoms with Crippen molar-refractivity contribution in [1.29, 1.82) is 0 Å². The molecule has 0 N–H and O–H groups in total. The first-order valence-electron chi connectivity index (χ1n) is 5.96. The van der Waals surface area contributed by atoms with Gasteiger partial charge in [0.15, 0.2) is 0 Å². The Morgan fingerprint density at radius 3 is 1.95 bits per heavy atom. The molecule has 3 nitrogen and oxygen atoms in total. The normalized spacial score (nSPS) is 10.6. The quantitative estimate of drug-likeness (QED) is 0.371. The van der Waals surface area contributed by atoms with E-state index in [1.54, 1.807) is 0 Å². The number of fused-ring (bicyclic) bond motifs is 2. The zero-order valence-electron chi connectivity index (χ0n) is 10.4. The van der Waals surface area contributed by atoms with Gasteiger partial charge in [-0.05, 0) is 16.8 Å². The summed E-state index contributed by atoms with van der Waals surface area (Å²) in [6.45, 7) is 0. The van der Waals surface area contributed by atoms with E-state index in [-0.39, 0.29) is 0 Å². The molecule has 0 aromatic heterocycles. The Kier molecular flexibility index (Phi) is 2.80. The van der Waals surface area contributed by atoms with E-state index in [0.29, 0.717) is 5.75 Å². The predicted octanol–water partition coefficient (Wildman–Crippen LogP) is 4.14. The van der Waals surface area contributed by atoms with Crippen molar-refractivity contribution in [2.24, 2.45) is 0 Å². The molecule has 0 atom stereocenters. The van der Waals surface area contributed by atoms with Crippen LogP contribution < -0.4 is 4.74 Å². The average molecular weight is 252 g/mol. The van der Waals surface area contributed by atoms with Crippen LogP contribution >= 0.6 is 0 Å². The highest BCUT2D eigenvalue weighted by molar-refractivity contribution is 6.06. The molecule has 3 heteroatoms. The van der Waals surface area contributed by atoms with Crippen LogP contribution in [0.3, 0.4) is 0 Å². The van der Waals surface area contributed by atoms with Crippen molar-refractivity contribution >= 4 is 27.7 Å². The van der Waals surface area contributed by atoms with Crippen molar-refractivity contribution in [2.75, 3.05) is 7.11 Å². The van der Waals surface area contributed by atoms with Gasteiger partial charge >= 0.3 is 6.16 Å². The van der Waals surface area contributed by atoms with Gasteiger partial charge in [0.2, 0.25) is 0 Å². The second-order valence-corrected chi connectivity index (χ2v) is 4.20. The summed E-state index contributed by atoms with van der Waals surface area (Å²) in [6, 6.07) is 17.7. The largest absolute Gasteiger partial charge is 0.513 e. The molecule has 0 fully saturated rings. The summed E-state index contributed by atoms with van der Waals surface area (Å²) in [5.74, 6) is 0.542. The third-order valence-corrected chi connectivity index (χ3v) is 3.07. The first-order chi connectivity index (χ1) is 9.29. The summed E-state index contributed by atoms with van der Waals surface area (Å²) in [7, 11) is 1.30. The van der Waals surface area contributed by atoms with Gasteiger partial charge in [0, 0.05) is 10.8 Å². The summed E-state index contributed by atoms with van der Waals surface area (Å²) in [5.41, 5.74) is 0. The second kappa shape index (κ2) is 4.61. The molecule has 0 aliphatic carbocycles. The fourth-order valence-corrected chi connectivity index (χ4v) is 2.21. The van der Waals surface area contributed by atoms with Gasteiger partial charge in [0.05, 0.1) is 7.11 Å². The molecule has 0 saturated carbocycles. The first kappa shape index (κ1) is 11.5. The van der Waals surface area contributed by atoms with Gasteiger partial charge in [-0.3, -0.25) is 0 Å². The topological polar surface area (TPSA) is 35.5 Å². The van der Waals surface area contributed by atoms with Gasteiger partial charge in [0.1, 0.15) is 5.75 Å². The molecule has 0 spiro atoms. The second-order valence-electron chi connectivity index (χ2n) is 4.20. The average Bonchev–Trinajstić information content (AvgIpc) is 2.46. The molecule has 3 aromatic carbocycles. The van der Waals surface area contributed by atoms with Gasteiger partial charge in [-0.2, -0.15) is 0 Å². The van der Waals surface area contributed by atoms with E-state index in [2.05, 4.69) is 10.8 Å². The van der Waals surface area contributed by atoms with Gasteiger partial charge in [-0.1, -0.05) is 48.5 Å². The van der Waals surface area contributed by atoms with Crippen LogP contribution in [0.4, 0.5) is 4.79 Å². The zero-order valence-corrected chi connectivity index (χ0v) is 10.4. The fourth-order valence-electron chi connectivity index (χ4n) is 2.21. The summed E-state index contributed by atoms with van der Waals surface area (Å²) in [4.78, 5) is 11.4. The van der Waals surface area contributed by atoms with Gasteiger partial charge < -0.3 is 9.47 Å². The Morgan fingerprint density at radius 2 is 1.42 bits per heavy atom. The van der Waals surface area contributed by atoms with Crippen LogP contribution in [0.1, 0.15) is 0 Å². The lowest BCUT2D eigenvalue weighted by Gasteiger charge is -2.10. The third-order valence-electron chi connectivity index (χ3n) is 3.07. The molecule has 0 amide bonds. The Balaban J connectivity index is 2.36. The number of carbonyl (C=O) groups excluding carboxylic acids is 1. The highest BCUT2D eigenvalue weighted by Gasteiger charge is 2.12. The molecular weight excluding hydrogens is 240 g/mol. The molecule has 0 saturated heterocycles. The molecule has 0 aliphatic heterocycles. The first-order valence-corrected chi connectivity index (χ1v) is 5.96. The molecule has 0 heterocycles. The van der Waals surface area contributed by atoms with Crippen molar-refractivity contribution in [3.63, 3.8) is 0 Å². The number of ether oxygens (including phenoxy) is 2. The van der Waals surface area contributed by atoms with E-state index in [1.165, 1.54) is 7.11 Å². The van der Waals surface area contributed by atoms with Crippen molar-refractivity contribution < 1.29 is 14.3 Å². The smallest absolute Gasteiger partial charge is 0.437 e. The van der Waals surface area contributed by atoms with Crippen LogP contribution in [0.25, 0.3) is 21.5 Å². The van der Waals surface area contributed by atoms with Crippen LogP contribution in [-0.4, -0.2) is 13.3 Å². The van der Waals surface area contributed by atoms with E-state index < -0.39 is 6.16 Å². The lowest BCUT2D eigenvalue weighted by atomic mass is 10.0. The number of methoxy groups -OCH3 is 1. The fraction of sp³-hybridized carbons (Fsp3) is 0.0625. The van der Waals surface area contributed by atoms with Crippen LogP contribution in [0.2, 0.25) is 0 Å². The predicted molar refractivity (Wildman–Crippen MR) is 74.5 cm³/mol. The molecule has 0 radical (unpaired) electrons. The van der Waals surface area contributed by atoms with E-state index in [0.717, 1.165) is 21.5 Å². The maximum absolute atomic E-state index is 11.4. The molecule has 0 bridgehead atoms. The van der Waals surface area contributed by atoms with E-state index in [9.17, 15) is 4.79 Å². The SMILES string of the molecule is COC(=O)Oc1c2ccccc2cc2ccccc12. The molecule has 0 aliphatic rings. The Morgan fingerprint density at radius 1 is 0.895 bits per heavy atom. The summed E-state index contributed by atoms with van der Waals surface area (Å²) < 4.78 is 9.92. The summed E-state index contributed by atoms with van der Waals surface area (Å²) >= 11 is 0. The van der Waals surface area contributed by atoms with E-state index in [1.807, 2.05) is 48.5 Å². The summed E-state index contributed by atoms with van der Waals surface area (Å²) in [5, 5.41) is 3.85. The van der Waals surface area contributed by atoms with Crippen molar-refractivity contribution in [2.45, 2.75) is 0 Å². The number of hydrogen-bond acceptors (Lipinski definition) is 3. The highest BCUT2D eigenvalue weighted by Crippen LogP contribution is 2.34. The number of benzene rings is 3. The Bertz CT molecular complexity index is 708. The molecule has 0 unspecified atom stereocenters. The maximum Gasteiger partial charge on any atom is 0.513 e. The van der Waals surface area contributed by atoms with E-state index in [4.69, 9.17) is 4.74 Å². The standard InChI is InChI=1S/C16H12O3/c1-18-16(17)19-15-13-8-4-2-6-11(13)10-12-7-3-5-9-14(12)15/h2-10H,1H3. The molecular formula is C16H12O3. The van der Waals surface area contributed by atoms with Crippen molar-refractivity contribution in [3.8, 4) is 5.75 Å². The molecule has 94 valence electrons. The number of rotatable bonds is 1. The minimum Gasteiger partial charge on any atom is -0.437 e. The minimum atomic E-state index is -0.707. The molecule has 3 aromatic rings. The van der Waals surface area contributed by atoms with Crippen molar-refractivity contribution in [3.05, 3.63) is 54.6 Å². The van der Waals surface area contributed by atoms with Gasteiger partial charge in [-0.25, -0.2) is 4.79 Å². The Labute approximate surface area is 110 Å². The van der Waals surface area contributed by atoms with Crippen LogP contribution in [0.15, 0.2) is 54.6 Å². The number of carbonyl (C=O) groups is 1. The monoisotopic (exact) mass is 252 g/mol. The van der Waals surface area contributed by atoms with Crippen LogP contribution in [0, 0.1) is 0 Å². The lowest BCUT2D eigenvalue weighted by molar-refractivity contribution is 0.122. The van der Waals surface area contributed by atoms with Gasteiger partial charge in [-0.15, -0.1) is 0 Å². The highest BCUT2D eigenvalue weighted by atomic mass is 16.7. The lowest BCUT2D eigenvalue weighted by Crippen LogP contribution is -2.07. The molecule has 3 rings (SSSR count). The van der Waals surface area contributed by atoms with Crippen molar-refractivity contribution in [1.82, 2.24) is 0 Å². The van der Waals surface area contributed by atoms with E-state index >= 15 is 0 Å². The number of hydrogen-bond donors (Lipinski definition) is 0. The zero-order chi connectivity index (χ0) is 13.2. The Hall–Kier alpha value is -2.55. The maximum atomic E-state index is 11.4. The van der Waals surface area contributed by atoms with Crippen LogP contribution in [-0.2, 0) is 4.74 Å². The third kappa shape index (κ3) is 1.99. The minimum absolute atomic E-state index is 0.542. The van der Waals surface area contributed by atoms with Gasteiger partial charge in [0.25, 0.3) is 0 Å². The molecule has 19 heavy (non-hydrogen) atoms. The summed E-state index contributed by atoms with van der Waals surface area (Å²) in [6.07, 6.45) is -0.707.